The Morgan fingerprint density at radius 3 is 2.42 bits per heavy atom. The van der Waals surface area contributed by atoms with E-state index in [1.54, 1.807) is 18.2 Å². The van der Waals surface area contributed by atoms with Gasteiger partial charge >= 0.3 is 6.18 Å². The van der Waals surface area contributed by atoms with Gasteiger partial charge in [0.15, 0.2) is 0 Å². The van der Waals surface area contributed by atoms with Crippen LogP contribution in [0.4, 0.5) is 18.9 Å². The number of alkyl halides is 3. The summed E-state index contributed by atoms with van der Waals surface area (Å²) in [6, 6.07) is 15.4. The quantitative estimate of drug-likeness (QED) is 0.819. The van der Waals surface area contributed by atoms with Crippen molar-refractivity contribution in [3.63, 3.8) is 0 Å². The second kappa shape index (κ2) is 7.79. The third-order valence-corrected chi connectivity index (χ3v) is 4.67. The lowest BCUT2D eigenvalue weighted by atomic mass is 10.1. The topological polar surface area (TPSA) is 30.3 Å². The van der Waals surface area contributed by atoms with Crippen molar-refractivity contribution in [2.45, 2.75) is 19.1 Å². The van der Waals surface area contributed by atoms with Crippen molar-refractivity contribution in [2.75, 3.05) is 31.1 Å². The number of rotatable bonds is 3. The molecular weight excluding hydrogens is 339 g/mol. The average molecular weight is 359 g/mol. The maximum Gasteiger partial charge on any atom is 0.416 e. The number of nitrogens with zero attached hydrogens (tertiary/aromatic N) is 3. The molecule has 2 aromatic rings. The number of hydrogen-bond acceptors (Lipinski definition) is 3. The Kier molecular flexibility index (Phi) is 5.48. The zero-order valence-corrected chi connectivity index (χ0v) is 14.3. The van der Waals surface area contributed by atoms with Crippen molar-refractivity contribution in [2.24, 2.45) is 0 Å². The first-order chi connectivity index (χ1) is 12.5. The van der Waals surface area contributed by atoms with Gasteiger partial charge in [-0.1, -0.05) is 30.3 Å². The molecule has 0 saturated carbocycles. The van der Waals surface area contributed by atoms with Gasteiger partial charge in [-0.3, -0.25) is 4.90 Å². The highest BCUT2D eigenvalue weighted by Crippen LogP contribution is 2.32. The summed E-state index contributed by atoms with van der Waals surface area (Å²) in [5, 5.41) is 9.28. The van der Waals surface area contributed by atoms with Crippen LogP contribution in [-0.2, 0) is 12.7 Å². The molecule has 0 radical (unpaired) electrons. The molecule has 136 valence electrons. The van der Waals surface area contributed by atoms with E-state index in [-0.39, 0.29) is 6.54 Å². The summed E-state index contributed by atoms with van der Waals surface area (Å²) in [7, 11) is 0. The van der Waals surface area contributed by atoms with Crippen LogP contribution >= 0.6 is 0 Å². The summed E-state index contributed by atoms with van der Waals surface area (Å²) in [4.78, 5) is 4.20. The van der Waals surface area contributed by atoms with E-state index in [4.69, 9.17) is 0 Å². The van der Waals surface area contributed by atoms with E-state index in [1.165, 1.54) is 6.07 Å². The summed E-state index contributed by atoms with van der Waals surface area (Å²) in [5.74, 6) is 0. The molecule has 1 saturated heterocycles. The largest absolute Gasteiger partial charge is 0.416 e. The van der Waals surface area contributed by atoms with E-state index < -0.39 is 11.7 Å². The van der Waals surface area contributed by atoms with Crippen molar-refractivity contribution in [3.8, 4) is 6.07 Å². The molecular formula is C20H20F3N3. The molecule has 0 spiro atoms. The zero-order chi connectivity index (χ0) is 18.6. The summed E-state index contributed by atoms with van der Waals surface area (Å²) in [6.45, 7) is 3.15. The van der Waals surface area contributed by atoms with E-state index in [9.17, 15) is 18.4 Å². The lowest BCUT2D eigenvalue weighted by Gasteiger charge is -2.25. The minimum absolute atomic E-state index is 0.281. The van der Waals surface area contributed by atoms with Crippen LogP contribution in [0.1, 0.15) is 23.1 Å². The fourth-order valence-electron chi connectivity index (χ4n) is 3.39. The molecule has 0 bridgehead atoms. The number of hydrogen-bond donors (Lipinski definition) is 0. The Labute approximate surface area is 151 Å². The first kappa shape index (κ1) is 18.3. The van der Waals surface area contributed by atoms with Crippen LogP contribution in [0.25, 0.3) is 0 Å². The van der Waals surface area contributed by atoms with Crippen molar-refractivity contribution < 1.29 is 13.2 Å². The fraction of sp³-hybridized carbons (Fsp3) is 0.350. The van der Waals surface area contributed by atoms with Gasteiger partial charge in [0.1, 0.15) is 6.07 Å². The summed E-state index contributed by atoms with van der Waals surface area (Å²) >= 11 is 0. The first-order valence-electron chi connectivity index (χ1n) is 8.60. The molecule has 1 heterocycles. The molecule has 0 aliphatic carbocycles. The Bertz CT molecular complexity index is 795. The lowest BCUT2D eigenvalue weighted by molar-refractivity contribution is -0.138. The molecule has 1 aliphatic heterocycles. The standard InChI is InChI=1S/C20H20F3N3/c21-20(22,23)18-8-3-1-7-17(18)15-25-10-5-11-26(13-12-25)19-9-4-2-6-16(19)14-24/h1-4,6-9H,5,10-13,15H2. The smallest absolute Gasteiger partial charge is 0.369 e. The number of benzene rings is 2. The molecule has 0 atom stereocenters. The highest BCUT2D eigenvalue weighted by atomic mass is 19.4. The van der Waals surface area contributed by atoms with Gasteiger partial charge in [-0.25, -0.2) is 0 Å². The predicted octanol–water partition coefficient (Wildman–Crippen LogP) is 4.29. The van der Waals surface area contributed by atoms with Crippen LogP contribution < -0.4 is 4.90 Å². The SMILES string of the molecule is N#Cc1ccccc1N1CCCN(Cc2ccccc2C(F)(F)F)CC1. The molecule has 3 nitrogen and oxygen atoms in total. The lowest BCUT2D eigenvalue weighted by Crippen LogP contribution is -2.31. The highest BCUT2D eigenvalue weighted by molar-refractivity contribution is 5.59. The van der Waals surface area contributed by atoms with Crippen molar-refractivity contribution in [1.82, 2.24) is 4.90 Å². The Balaban J connectivity index is 1.72. The Hall–Kier alpha value is -2.52. The Morgan fingerprint density at radius 2 is 1.65 bits per heavy atom. The van der Waals surface area contributed by atoms with Gasteiger partial charge in [0, 0.05) is 32.7 Å². The number of anilines is 1. The van der Waals surface area contributed by atoms with E-state index in [1.807, 2.05) is 18.2 Å². The van der Waals surface area contributed by atoms with Crippen molar-refractivity contribution in [3.05, 3.63) is 65.2 Å². The molecule has 1 fully saturated rings. The maximum atomic E-state index is 13.2. The van der Waals surface area contributed by atoms with Gasteiger partial charge in [0.2, 0.25) is 0 Å². The minimum atomic E-state index is -4.33. The normalized spacial score (nSPS) is 16.2. The molecule has 0 N–H and O–H groups in total. The molecule has 0 amide bonds. The number of halogens is 3. The maximum absolute atomic E-state index is 13.2. The third kappa shape index (κ3) is 4.17. The van der Waals surface area contributed by atoms with Crippen LogP contribution in [0.2, 0.25) is 0 Å². The van der Waals surface area contributed by atoms with E-state index >= 15 is 0 Å². The second-order valence-corrected chi connectivity index (χ2v) is 6.40. The van der Waals surface area contributed by atoms with Crippen LogP contribution in [0.5, 0.6) is 0 Å². The van der Waals surface area contributed by atoms with Gasteiger partial charge in [-0.15, -0.1) is 0 Å². The summed E-state index contributed by atoms with van der Waals surface area (Å²) in [6.07, 6.45) is -3.49. The van der Waals surface area contributed by atoms with Gasteiger partial charge in [0.25, 0.3) is 0 Å². The summed E-state index contributed by atoms with van der Waals surface area (Å²) in [5.41, 5.74) is 1.28. The molecule has 2 aromatic carbocycles. The molecule has 3 rings (SSSR count). The van der Waals surface area contributed by atoms with Crippen molar-refractivity contribution >= 4 is 5.69 Å². The van der Waals surface area contributed by atoms with E-state index in [0.29, 0.717) is 24.2 Å². The van der Waals surface area contributed by atoms with Gasteiger partial charge < -0.3 is 4.90 Å². The third-order valence-electron chi connectivity index (χ3n) is 4.67. The van der Waals surface area contributed by atoms with E-state index in [0.717, 1.165) is 31.3 Å². The zero-order valence-electron chi connectivity index (χ0n) is 14.3. The Morgan fingerprint density at radius 1 is 0.923 bits per heavy atom. The average Bonchev–Trinajstić information content (AvgIpc) is 2.87. The predicted molar refractivity (Wildman–Crippen MR) is 94.7 cm³/mol. The van der Waals surface area contributed by atoms with Gasteiger partial charge in [0.05, 0.1) is 16.8 Å². The molecule has 0 unspecified atom stereocenters. The molecule has 1 aliphatic rings. The molecule has 6 heteroatoms. The van der Waals surface area contributed by atoms with Crippen LogP contribution in [0, 0.1) is 11.3 Å². The van der Waals surface area contributed by atoms with Gasteiger partial charge in [-0.2, -0.15) is 18.4 Å². The second-order valence-electron chi connectivity index (χ2n) is 6.40. The highest BCUT2D eigenvalue weighted by Gasteiger charge is 2.33. The van der Waals surface area contributed by atoms with E-state index in [2.05, 4.69) is 15.9 Å². The number of nitriles is 1. The monoisotopic (exact) mass is 359 g/mol. The van der Waals surface area contributed by atoms with Crippen molar-refractivity contribution in [1.29, 1.82) is 5.26 Å². The number of para-hydroxylation sites is 1. The molecule has 0 aromatic heterocycles. The van der Waals surface area contributed by atoms with Crippen LogP contribution in [0.3, 0.4) is 0 Å². The molecule has 26 heavy (non-hydrogen) atoms. The minimum Gasteiger partial charge on any atom is -0.369 e. The fourth-order valence-corrected chi connectivity index (χ4v) is 3.39. The van der Waals surface area contributed by atoms with Gasteiger partial charge in [-0.05, 0) is 30.2 Å². The van der Waals surface area contributed by atoms with Crippen LogP contribution in [0.15, 0.2) is 48.5 Å². The first-order valence-corrected chi connectivity index (χ1v) is 8.60. The van der Waals surface area contributed by atoms with Crippen LogP contribution in [-0.4, -0.2) is 31.1 Å². The summed E-state index contributed by atoms with van der Waals surface area (Å²) < 4.78 is 39.6.